The van der Waals surface area contributed by atoms with Gasteiger partial charge in [-0.2, -0.15) is 5.10 Å². The van der Waals surface area contributed by atoms with Crippen molar-refractivity contribution in [1.82, 2.24) is 19.3 Å². The molecule has 7 heteroatoms. The molecule has 0 aliphatic heterocycles. The molecular weight excluding hydrogens is 352 g/mol. The highest BCUT2D eigenvalue weighted by Crippen LogP contribution is 2.23. The molecule has 0 spiro atoms. The first-order chi connectivity index (χ1) is 10.2. The topological polar surface area (TPSA) is 52.7 Å². The molecule has 0 saturated heterocycles. The minimum absolute atomic E-state index is 0.00352. The van der Waals surface area contributed by atoms with Crippen LogP contribution in [0, 0.1) is 0 Å². The van der Waals surface area contributed by atoms with Crippen molar-refractivity contribution in [3.63, 3.8) is 0 Å². The Kier molecular flexibility index (Phi) is 3.95. The Morgan fingerprint density at radius 2 is 2.19 bits per heavy atom. The van der Waals surface area contributed by atoms with E-state index in [2.05, 4.69) is 32.9 Å². The lowest BCUT2D eigenvalue weighted by Crippen LogP contribution is -2.22. The Hall–Kier alpha value is -1.47. The van der Waals surface area contributed by atoms with Crippen molar-refractivity contribution in [1.29, 1.82) is 0 Å². The predicted molar refractivity (Wildman–Crippen MR) is 88.0 cm³/mol. The summed E-state index contributed by atoms with van der Waals surface area (Å²) in [5.74, 6) is 0. The highest BCUT2D eigenvalue weighted by molar-refractivity contribution is 9.10. The van der Waals surface area contributed by atoms with E-state index in [9.17, 15) is 4.79 Å². The molecular formula is C14H15BrN4OS. The Morgan fingerprint density at radius 1 is 1.38 bits per heavy atom. The van der Waals surface area contributed by atoms with Crippen LogP contribution in [0.2, 0.25) is 0 Å². The summed E-state index contributed by atoms with van der Waals surface area (Å²) in [5, 5.41) is 6.46. The van der Waals surface area contributed by atoms with Crippen LogP contribution in [0.3, 0.4) is 0 Å². The molecule has 21 heavy (non-hydrogen) atoms. The van der Waals surface area contributed by atoms with Crippen LogP contribution in [-0.4, -0.2) is 19.3 Å². The molecule has 3 aromatic rings. The maximum atomic E-state index is 12.5. The largest absolute Gasteiger partial charge is 0.292 e. The van der Waals surface area contributed by atoms with Crippen molar-refractivity contribution >= 4 is 37.5 Å². The average molecular weight is 367 g/mol. The molecule has 3 rings (SSSR count). The molecule has 0 bridgehead atoms. The van der Waals surface area contributed by atoms with Crippen LogP contribution in [0.15, 0.2) is 27.0 Å². The van der Waals surface area contributed by atoms with E-state index >= 15 is 0 Å². The molecule has 0 aliphatic rings. The number of hydrogen-bond donors (Lipinski definition) is 0. The number of thiophene rings is 1. The highest BCUT2D eigenvalue weighted by atomic mass is 79.9. The molecule has 0 aliphatic carbocycles. The van der Waals surface area contributed by atoms with Gasteiger partial charge in [-0.15, -0.1) is 11.3 Å². The summed E-state index contributed by atoms with van der Waals surface area (Å²) < 4.78 is 5.28. The van der Waals surface area contributed by atoms with Gasteiger partial charge in [0.15, 0.2) is 0 Å². The molecule has 0 atom stereocenters. The Bertz CT molecular complexity index is 848. The quantitative estimate of drug-likeness (QED) is 0.712. The lowest BCUT2D eigenvalue weighted by molar-refractivity contribution is 0.587. The Labute approximate surface area is 134 Å². The third-order valence-electron chi connectivity index (χ3n) is 3.45. The molecule has 0 saturated carbocycles. The van der Waals surface area contributed by atoms with Gasteiger partial charge in [-0.05, 0) is 40.7 Å². The zero-order valence-corrected chi connectivity index (χ0v) is 14.2. The third kappa shape index (κ3) is 2.44. The predicted octanol–water partition coefficient (Wildman–Crippen LogP) is 3.05. The van der Waals surface area contributed by atoms with E-state index in [1.54, 1.807) is 10.9 Å². The van der Waals surface area contributed by atoms with Gasteiger partial charge in [-0.1, -0.05) is 6.92 Å². The fourth-order valence-electron chi connectivity index (χ4n) is 2.32. The molecule has 0 fully saturated rings. The summed E-state index contributed by atoms with van der Waals surface area (Å²) >= 11 is 5.04. The maximum Gasteiger partial charge on any atom is 0.271 e. The van der Waals surface area contributed by atoms with Crippen LogP contribution < -0.4 is 5.56 Å². The van der Waals surface area contributed by atoms with E-state index in [0.717, 1.165) is 34.3 Å². The second-order valence-corrected chi connectivity index (χ2v) is 6.40. The fraction of sp³-hybridized carbons (Fsp3) is 0.357. The molecule has 0 N–H and O–H groups in total. The summed E-state index contributed by atoms with van der Waals surface area (Å²) in [5.41, 5.74) is 2.79. The van der Waals surface area contributed by atoms with Crippen molar-refractivity contribution in [3.8, 4) is 0 Å². The monoisotopic (exact) mass is 366 g/mol. The smallest absolute Gasteiger partial charge is 0.271 e. The van der Waals surface area contributed by atoms with Gasteiger partial charge >= 0.3 is 0 Å². The van der Waals surface area contributed by atoms with Gasteiger partial charge in [0.25, 0.3) is 5.56 Å². The summed E-state index contributed by atoms with van der Waals surface area (Å²) in [7, 11) is 0. The number of hydrogen-bond acceptors (Lipinski definition) is 4. The molecule has 110 valence electrons. The minimum Gasteiger partial charge on any atom is -0.292 e. The van der Waals surface area contributed by atoms with Gasteiger partial charge in [-0.3, -0.25) is 14.0 Å². The molecule has 0 amide bonds. The van der Waals surface area contributed by atoms with Gasteiger partial charge in [0.2, 0.25) is 0 Å². The first-order valence-electron chi connectivity index (χ1n) is 6.82. The number of aromatic nitrogens is 4. The number of rotatable bonds is 4. The lowest BCUT2D eigenvalue weighted by atomic mass is 10.3. The Balaban J connectivity index is 2.08. The van der Waals surface area contributed by atoms with E-state index in [-0.39, 0.29) is 5.56 Å². The van der Waals surface area contributed by atoms with Crippen molar-refractivity contribution in [2.24, 2.45) is 0 Å². The van der Waals surface area contributed by atoms with E-state index in [1.165, 1.54) is 11.3 Å². The van der Waals surface area contributed by atoms with Crippen LogP contribution in [0.4, 0.5) is 0 Å². The Morgan fingerprint density at radius 3 is 2.90 bits per heavy atom. The fourth-order valence-corrected chi connectivity index (χ4v) is 3.80. The molecule has 0 radical (unpaired) electrons. The maximum absolute atomic E-state index is 12.5. The minimum atomic E-state index is 0.00352. The standard InChI is InChI=1S/C14H15BrN4OS/c1-3-9-12(15)11(19(4-2)17-9)7-18-8-16-10-5-6-21-13(10)14(18)20/h5-6,8H,3-4,7H2,1-2H3. The SMILES string of the molecule is CCc1nn(CC)c(Cn2cnc3ccsc3c2=O)c1Br. The van der Waals surface area contributed by atoms with Crippen LogP contribution in [0.1, 0.15) is 25.2 Å². The van der Waals surface area contributed by atoms with Crippen LogP contribution in [0.25, 0.3) is 10.2 Å². The van der Waals surface area contributed by atoms with Gasteiger partial charge in [0.05, 0.1) is 34.2 Å². The van der Waals surface area contributed by atoms with Crippen LogP contribution >= 0.6 is 27.3 Å². The average Bonchev–Trinajstić information content (AvgIpc) is 3.08. The van der Waals surface area contributed by atoms with Gasteiger partial charge in [0, 0.05) is 6.54 Å². The van der Waals surface area contributed by atoms with Crippen LogP contribution in [0.5, 0.6) is 0 Å². The van der Waals surface area contributed by atoms with Crippen molar-refractivity contribution in [2.75, 3.05) is 0 Å². The summed E-state index contributed by atoms with van der Waals surface area (Å²) in [6.07, 6.45) is 2.47. The number of nitrogens with zero attached hydrogens (tertiary/aromatic N) is 4. The van der Waals surface area contributed by atoms with E-state index in [4.69, 9.17) is 0 Å². The summed E-state index contributed by atoms with van der Waals surface area (Å²) in [6, 6.07) is 1.87. The lowest BCUT2D eigenvalue weighted by Gasteiger charge is -2.08. The first-order valence-corrected chi connectivity index (χ1v) is 8.49. The van der Waals surface area contributed by atoms with Crippen molar-refractivity contribution < 1.29 is 0 Å². The van der Waals surface area contributed by atoms with Crippen LogP contribution in [-0.2, 0) is 19.5 Å². The van der Waals surface area contributed by atoms with E-state index in [0.29, 0.717) is 11.2 Å². The number of fused-ring (bicyclic) bond motifs is 1. The normalized spacial score (nSPS) is 11.4. The number of aryl methyl sites for hydroxylation is 2. The summed E-state index contributed by atoms with van der Waals surface area (Å²) in [4.78, 5) is 16.8. The zero-order valence-electron chi connectivity index (χ0n) is 11.8. The molecule has 0 aromatic carbocycles. The molecule has 3 heterocycles. The molecule has 5 nitrogen and oxygen atoms in total. The van der Waals surface area contributed by atoms with Crippen molar-refractivity contribution in [2.45, 2.75) is 33.4 Å². The highest BCUT2D eigenvalue weighted by Gasteiger charge is 2.15. The van der Waals surface area contributed by atoms with Crippen molar-refractivity contribution in [3.05, 3.63) is 44.0 Å². The summed E-state index contributed by atoms with van der Waals surface area (Å²) in [6.45, 7) is 5.37. The van der Waals surface area contributed by atoms with Gasteiger partial charge in [-0.25, -0.2) is 4.98 Å². The number of halogens is 1. The molecule has 3 aromatic heterocycles. The second kappa shape index (κ2) is 5.73. The van der Waals surface area contributed by atoms with Gasteiger partial charge < -0.3 is 0 Å². The second-order valence-electron chi connectivity index (χ2n) is 4.69. The molecule has 0 unspecified atom stereocenters. The first kappa shape index (κ1) is 14.5. The zero-order chi connectivity index (χ0) is 15.0. The van der Waals surface area contributed by atoms with E-state index < -0.39 is 0 Å². The third-order valence-corrected chi connectivity index (χ3v) is 5.26. The van der Waals surface area contributed by atoms with E-state index in [1.807, 2.05) is 23.1 Å². The van der Waals surface area contributed by atoms with Gasteiger partial charge in [0.1, 0.15) is 4.70 Å².